The van der Waals surface area contributed by atoms with Crippen LogP contribution in [-0.2, 0) is 4.79 Å². The molecule has 1 atom stereocenters. The lowest BCUT2D eigenvalue weighted by Gasteiger charge is -2.35. The van der Waals surface area contributed by atoms with Crippen LogP contribution in [0.25, 0.3) is 0 Å². The smallest absolute Gasteiger partial charge is 0.255 e. The fraction of sp³-hybridized carbons (Fsp3) is 0.529. The lowest BCUT2D eigenvalue weighted by molar-refractivity contribution is -0.136. The van der Waals surface area contributed by atoms with Gasteiger partial charge in [-0.05, 0) is 49.6 Å². The maximum atomic E-state index is 12.9. The van der Waals surface area contributed by atoms with Crippen molar-refractivity contribution in [2.24, 2.45) is 11.7 Å². The van der Waals surface area contributed by atoms with Crippen LogP contribution >= 0.6 is 23.4 Å². The third kappa shape index (κ3) is 3.71. The minimum absolute atomic E-state index is 0.0674. The molecule has 1 aromatic rings. The number of piperidine rings is 1. The number of carbonyl (C=O) groups is 2. The van der Waals surface area contributed by atoms with E-state index in [1.54, 1.807) is 40.9 Å². The van der Waals surface area contributed by atoms with Crippen molar-refractivity contribution in [1.29, 1.82) is 0 Å². The number of nitrogens with zero attached hydrogens (tertiary/aromatic N) is 2. The zero-order valence-corrected chi connectivity index (χ0v) is 15.1. The molecule has 2 aliphatic heterocycles. The molecule has 2 saturated heterocycles. The van der Waals surface area contributed by atoms with E-state index in [0.29, 0.717) is 34.7 Å². The van der Waals surface area contributed by atoms with Gasteiger partial charge in [0.15, 0.2) is 0 Å². The zero-order valence-electron chi connectivity index (χ0n) is 13.5. The quantitative estimate of drug-likeness (QED) is 0.887. The Balaban J connectivity index is 1.67. The van der Waals surface area contributed by atoms with Crippen molar-refractivity contribution >= 4 is 35.2 Å². The summed E-state index contributed by atoms with van der Waals surface area (Å²) in [5.74, 6) is 1.69. The summed E-state index contributed by atoms with van der Waals surface area (Å²) < 4.78 is 0. The highest BCUT2D eigenvalue weighted by atomic mass is 35.5. The van der Waals surface area contributed by atoms with E-state index in [4.69, 9.17) is 17.3 Å². The van der Waals surface area contributed by atoms with Gasteiger partial charge in [0, 0.05) is 29.4 Å². The molecule has 5 nitrogen and oxygen atoms in total. The van der Waals surface area contributed by atoms with E-state index in [2.05, 4.69) is 0 Å². The van der Waals surface area contributed by atoms with Crippen LogP contribution in [0.15, 0.2) is 24.3 Å². The van der Waals surface area contributed by atoms with Crippen molar-refractivity contribution < 1.29 is 9.59 Å². The number of halogens is 1. The van der Waals surface area contributed by atoms with Crippen molar-refractivity contribution in [1.82, 2.24) is 9.80 Å². The topological polar surface area (TPSA) is 66.6 Å². The zero-order chi connectivity index (χ0) is 17.1. The summed E-state index contributed by atoms with van der Waals surface area (Å²) in [6.07, 6.45) is 1.90. The van der Waals surface area contributed by atoms with Gasteiger partial charge in [0.2, 0.25) is 5.91 Å². The Morgan fingerprint density at radius 3 is 2.50 bits per heavy atom. The predicted octanol–water partition coefficient (Wildman–Crippen LogP) is 2.05. The molecule has 0 aromatic heterocycles. The van der Waals surface area contributed by atoms with Crippen molar-refractivity contribution in [2.45, 2.75) is 18.9 Å². The fourth-order valence-corrected chi connectivity index (χ4v) is 4.48. The first-order valence-corrected chi connectivity index (χ1v) is 9.76. The van der Waals surface area contributed by atoms with Gasteiger partial charge in [-0.15, -0.1) is 11.8 Å². The highest BCUT2D eigenvalue weighted by Gasteiger charge is 2.38. The van der Waals surface area contributed by atoms with E-state index in [9.17, 15) is 9.59 Å². The summed E-state index contributed by atoms with van der Waals surface area (Å²) in [6.45, 7) is 2.16. The van der Waals surface area contributed by atoms with Crippen LogP contribution in [0.1, 0.15) is 23.2 Å². The van der Waals surface area contributed by atoms with Gasteiger partial charge in [0.05, 0.1) is 5.88 Å². The lowest BCUT2D eigenvalue weighted by Crippen LogP contribution is -2.51. The molecule has 2 amide bonds. The SMILES string of the molecule is NCC1CCN(C(=O)C2CSCN2C(=O)c2ccc(Cl)cc2)CC1. The van der Waals surface area contributed by atoms with Gasteiger partial charge in [-0.2, -0.15) is 0 Å². The molecular weight excluding hydrogens is 346 g/mol. The summed E-state index contributed by atoms with van der Waals surface area (Å²) >= 11 is 7.51. The van der Waals surface area contributed by atoms with E-state index >= 15 is 0 Å². The van der Waals surface area contributed by atoms with Crippen LogP contribution < -0.4 is 5.73 Å². The van der Waals surface area contributed by atoms with Crippen molar-refractivity contribution in [3.63, 3.8) is 0 Å². The van der Waals surface area contributed by atoms with Crippen LogP contribution in [0.4, 0.5) is 0 Å². The van der Waals surface area contributed by atoms with Crippen molar-refractivity contribution in [3.05, 3.63) is 34.9 Å². The molecule has 24 heavy (non-hydrogen) atoms. The normalized spacial score (nSPS) is 22.0. The fourth-order valence-electron chi connectivity index (χ4n) is 3.21. The number of nitrogens with two attached hydrogens (primary N) is 1. The minimum Gasteiger partial charge on any atom is -0.341 e. The molecule has 2 N–H and O–H groups in total. The van der Waals surface area contributed by atoms with Crippen LogP contribution in [-0.4, -0.2) is 58.9 Å². The Kier molecular flexibility index (Phi) is 5.69. The Labute approximate surface area is 151 Å². The van der Waals surface area contributed by atoms with Crippen LogP contribution in [0.2, 0.25) is 5.02 Å². The summed E-state index contributed by atoms with van der Waals surface area (Å²) in [7, 11) is 0. The Bertz CT molecular complexity index is 602. The first kappa shape index (κ1) is 17.6. The second-order valence-electron chi connectivity index (χ2n) is 6.30. The molecule has 0 saturated carbocycles. The second-order valence-corrected chi connectivity index (χ2v) is 7.74. The van der Waals surface area contributed by atoms with E-state index < -0.39 is 0 Å². The molecule has 1 aromatic carbocycles. The van der Waals surface area contributed by atoms with Gasteiger partial charge >= 0.3 is 0 Å². The molecular formula is C17H22ClN3O2S. The number of likely N-dealkylation sites (tertiary alicyclic amines) is 1. The largest absolute Gasteiger partial charge is 0.341 e. The summed E-state index contributed by atoms with van der Waals surface area (Å²) in [5.41, 5.74) is 6.29. The maximum Gasteiger partial charge on any atom is 0.255 e. The maximum absolute atomic E-state index is 12.9. The lowest BCUT2D eigenvalue weighted by atomic mass is 9.96. The Morgan fingerprint density at radius 1 is 1.21 bits per heavy atom. The van der Waals surface area contributed by atoms with Gasteiger partial charge in [-0.3, -0.25) is 9.59 Å². The average Bonchev–Trinajstić information content (AvgIpc) is 3.11. The molecule has 0 spiro atoms. The summed E-state index contributed by atoms with van der Waals surface area (Å²) in [4.78, 5) is 29.2. The van der Waals surface area contributed by atoms with Crippen LogP contribution in [0.5, 0.6) is 0 Å². The van der Waals surface area contributed by atoms with Crippen molar-refractivity contribution in [3.8, 4) is 0 Å². The van der Waals surface area contributed by atoms with E-state index in [-0.39, 0.29) is 17.9 Å². The van der Waals surface area contributed by atoms with E-state index in [0.717, 1.165) is 25.9 Å². The van der Waals surface area contributed by atoms with Gasteiger partial charge < -0.3 is 15.5 Å². The van der Waals surface area contributed by atoms with Crippen LogP contribution in [0.3, 0.4) is 0 Å². The predicted molar refractivity (Wildman–Crippen MR) is 97.1 cm³/mol. The van der Waals surface area contributed by atoms with E-state index in [1.807, 2.05) is 4.90 Å². The molecule has 2 fully saturated rings. The first-order valence-electron chi connectivity index (χ1n) is 8.23. The molecule has 130 valence electrons. The summed E-state index contributed by atoms with van der Waals surface area (Å²) in [5, 5.41) is 0.595. The van der Waals surface area contributed by atoms with E-state index in [1.165, 1.54) is 0 Å². The molecule has 0 radical (unpaired) electrons. The number of benzene rings is 1. The minimum atomic E-state index is -0.368. The highest BCUT2D eigenvalue weighted by Crippen LogP contribution is 2.26. The highest BCUT2D eigenvalue weighted by molar-refractivity contribution is 7.99. The number of amides is 2. The van der Waals surface area contributed by atoms with Gasteiger partial charge in [0.25, 0.3) is 5.91 Å². The third-order valence-corrected chi connectivity index (χ3v) is 6.04. The van der Waals surface area contributed by atoms with Gasteiger partial charge in [-0.25, -0.2) is 0 Å². The van der Waals surface area contributed by atoms with Crippen LogP contribution in [0, 0.1) is 5.92 Å². The Hall–Kier alpha value is -1.24. The molecule has 1 unspecified atom stereocenters. The molecule has 0 bridgehead atoms. The van der Waals surface area contributed by atoms with Crippen molar-refractivity contribution in [2.75, 3.05) is 31.3 Å². The number of rotatable bonds is 3. The molecule has 2 heterocycles. The monoisotopic (exact) mass is 367 g/mol. The number of thioether (sulfide) groups is 1. The van der Waals surface area contributed by atoms with Gasteiger partial charge in [0.1, 0.15) is 6.04 Å². The molecule has 2 aliphatic rings. The number of hydrogen-bond donors (Lipinski definition) is 1. The molecule has 0 aliphatic carbocycles. The van der Waals surface area contributed by atoms with Gasteiger partial charge in [-0.1, -0.05) is 11.6 Å². The number of carbonyl (C=O) groups excluding carboxylic acids is 2. The molecule has 3 rings (SSSR count). The third-order valence-electron chi connectivity index (χ3n) is 4.78. The first-order chi connectivity index (χ1) is 11.6. The second kappa shape index (κ2) is 7.76. The average molecular weight is 368 g/mol. The number of hydrogen-bond acceptors (Lipinski definition) is 4. The molecule has 7 heteroatoms. The Morgan fingerprint density at radius 2 is 1.88 bits per heavy atom. The standard InChI is InChI=1S/C17H22ClN3O2S/c18-14-3-1-13(2-4-14)16(22)21-11-24-10-15(21)17(23)20-7-5-12(9-19)6-8-20/h1-4,12,15H,5-11,19H2. The summed E-state index contributed by atoms with van der Waals surface area (Å²) in [6, 6.07) is 6.45.